The normalized spacial score (nSPS) is 10.2. The highest BCUT2D eigenvalue weighted by Gasteiger charge is 2.12. The first-order valence-electron chi connectivity index (χ1n) is 4.21. The average Bonchev–Trinajstić information content (AvgIpc) is 2.16. The van der Waals surface area contributed by atoms with Crippen molar-refractivity contribution < 1.29 is 10.0 Å². The number of benzene rings is 1. The van der Waals surface area contributed by atoms with Gasteiger partial charge < -0.3 is 10.0 Å². The molecule has 0 atom stereocenters. The highest BCUT2D eigenvalue weighted by molar-refractivity contribution is 7.98. The Balaban J connectivity index is 3.07. The zero-order valence-electron chi connectivity index (χ0n) is 7.82. The summed E-state index contributed by atoms with van der Waals surface area (Å²) < 4.78 is 0. The molecule has 2 nitrogen and oxygen atoms in total. The number of hydrogen-bond acceptors (Lipinski definition) is 3. The van der Waals surface area contributed by atoms with Crippen LogP contribution in [0.5, 0.6) is 0 Å². The summed E-state index contributed by atoms with van der Waals surface area (Å²) in [6.07, 6.45) is 2.89. The minimum Gasteiger partial charge on any atom is -0.423 e. The van der Waals surface area contributed by atoms with E-state index in [1.165, 1.54) is 0 Å². The van der Waals surface area contributed by atoms with Gasteiger partial charge in [0.25, 0.3) is 0 Å². The summed E-state index contributed by atoms with van der Waals surface area (Å²) >= 11 is 1.61. The van der Waals surface area contributed by atoms with Crippen molar-refractivity contribution in [2.24, 2.45) is 0 Å². The van der Waals surface area contributed by atoms with Crippen molar-refractivity contribution in [3.8, 4) is 0 Å². The molecule has 0 spiro atoms. The lowest BCUT2D eigenvalue weighted by Gasteiger charge is -2.05. The van der Waals surface area contributed by atoms with Crippen LogP contribution in [0.2, 0.25) is 0 Å². The Bertz CT molecular complexity index is 267. The van der Waals surface area contributed by atoms with E-state index < -0.39 is 7.12 Å². The molecule has 0 bridgehead atoms. The van der Waals surface area contributed by atoms with Crippen LogP contribution in [0.1, 0.15) is 12.5 Å². The van der Waals surface area contributed by atoms with Gasteiger partial charge in [-0.15, -0.1) is 11.8 Å². The molecule has 1 aromatic carbocycles. The van der Waals surface area contributed by atoms with E-state index in [2.05, 4.69) is 6.07 Å². The van der Waals surface area contributed by atoms with Crippen LogP contribution in [-0.2, 0) is 6.42 Å². The third-order valence-electron chi connectivity index (χ3n) is 1.93. The van der Waals surface area contributed by atoms with Crippen molar-refractivity contribution in [2.45, 2.75) is 18.2 Å². The van der Waals surface area contributed by atoms with Crippen LogP contribution in [0, 0.1) is 0 Å². The van der Waals surface area contributed by atoms with E-state index in [0.29, 0.717) is 5.46 Å². The molecular weight excluding hydrogens is 183 g/mol. The molecule has 0 aliphatic rings. The second kappa shape index (κ2) is 4.70. The molecule has 0 aromatic heterocycles. The fourth-order valence-electron chi connectivity index (χ4n) is 1.16. The highest BCUT2D eigenvalue weighted by atomic mass is 32.2. The van der Waals surface area contributed by atoms with Crippen molar-refractivity contribution >= 4 is 24.3 Å². The largest absolute Gasteiger partial charge is 0.488 e. The van der Waals surface area contributed by atoms with Gasteiger partial charge in [0.2, 0.25) is 0 Å². The molecule has 1 aromatic rings. The molecule has 0 amide bonds. The van der Waals surface area contributed by atoms with E-state index in [4.69, 9.17) is 10.0 Å². The summed E-state index contributed by atoms with van der Waals surface area (Å²) in [5.41, 5.74) is 1.71. The Morgan fingerprint density at radius 2 is 2.00 bits per heavy atom. The van der Waals surface area contributed by atoms with Gasteiger partial charge in [-0.25, -0.2) is 0 Å². The highest BCUT2D eigenvalue weighted by Crippen LogP contribution is 2.15. The zero-order chi connectivity index (χ0) is 9.84. The number of hydrogen-bond donors (Lipinski definition) is 2. The fraction of sp³-hybridized carbons (Fsp3) is 0.333. The summed E-state index contributed by atoms with van der Waals surface area (Å²) in [5.74, 6) is 0. The molecule has 2 N–H and O–H groups in total. The van der Waals surface area contributed by atoms with Gasteiger partial charge in [-0.05, 0) is 35.8 Å². The minimum atomic E-state index is -1.36. The third kappa shape index (κ3) is 2.76. The smallest absolute Gasteiger partial charge is 0.423 e. The van der Waals surface area contributed by atoms with Gasteiger partial charge in [-0.2, -0.15) is 0 Å². The third-order valence-corrected chi connectivity index (χ3v) is 2.64. The molecule has 0 heterocycles. The van der Waals surface area contributed by atoms with Crippen molar-refractivity contribution in [3.05, 3.63) is 23.8 Å². The topological polar surface area (TPSA) is 40.5 Å². The van der Waals surface area contributed by atoms with Crippen LogP contribution in [0.15, 0.2) is 23.1 Å². The van der Waals surface area contributed by atoms with Crippen molar-refractivity contribution in [3.63, 3.8) is 0 Å². The average molecular weight is 196 g/mol. The van der Waals surface area contributed by atoms with Gasteiger partial charge in [-0.1, -0.05) is 13.0 Å². The van der Waals surface area contributed by atoms with Gasteiger partial charge >= 0.3 is 7.12 Å². The van der Waals surface area contributed by atoms with Gasteiger partial charge in [0, 0.05) is 4.90 Å². The van der Waals surface area contributed by atoms with Crippen LogP contribution in [-0.4, -0.2) is 23.4 Å². The molecule has 70 valence electrons. The molecule has 0 aliphatic heterocycles. The minimum absolute atomic E-state index is 0.573. The first kappa shape index (κ1) is 10.6. The standard InChI is InChI=1S/C9H13BO2S/c1-3-7-4-8(10(11)12)6-9(5-7)13-2/h4-6,11-12H,3H2,1-2H3. The van der Waals surface area contributed by atoms with Crippen LogP contribution in [0.25, 0.3) is 0 Å². The van der Waals surface area contributed by atoms with Crippen molar-refractivity contribution in [1.29, 1.82) is 0 Å². The Labute approximate surface area is 83.1 Å². The lowest BCUT2D eigenvalue weighted by molar-refractivity contribution is 0.425. The van der Waals surface area contributed by atoms with E-state index in [0.717, 1.165) is 16.9 Å². The summed E-state index contributed by atoms with van der Waals surface area (Å²) in [6.45, 7) is 2.05. The van der Waals surface area contributed by atoms with E-state index >= 15 is 0 Å². The molecular formula is C9H13BO2S. The second-order valence-electron chi connectivity index (χ2n) is 2.84. The summed E-state index contributed by atoms with van der Waals surface area (Å²) in [4.78, 5) is 1.07. The first-order chi connectivity index (χ1) is 6.17. The van der Waals surface area contributed by atoms with E-state index in [-0.39, 0.29) is 0 Å². The molecule has 13 heavy (non-hydrogen) atoms. The fourth-order valence-corrected chi connectivity index (χ4v) is 1.68. The number of aryl methyl sites for hydroxylation is 1. The summed E-state index contributed by atoms with van der Waals surface area (Å²) in [5, 5.41) is 18.0. The van der Waals surface area contributed by atoms with Crippen LogP contribution in [0.3, 0.4) is 0 Å². The molecule has 0 radical (unpaired) electrons. The van der Waals surface area contributed by atoms with E-state index in [1.807, 2.05) is 19.2 Å². The van der Waals surface area contributed by atoms with Gasteiger partial charge in [-0.3, -0.25) is 0 Å². The molecule has 0 saturated heterocycles. The lowest BCUT2D eigenvalue weighted by atomic mass is 9.79. The zero-order valence-corrected chi connectivity index (χ0v) is 8.64. The molecule has 0 aliphatic carbocycles. The Hall–Kier alpha value is -0.445. The number of rotatable bonds is 3. The molecule has 1 rings (SSSR count). The van der Waals surface area contributed by atoms with Crippen molar-refractivity contribution in [1.82, 2.24) is 0 Å². The molecule has 0 fully saturated rings. The maximum absolute atomic E-state index is 9.01. The SMILES string of the molecule is CCc1cc(SC)cc(B(O)O)c1. The lowest BCUT2D eigenvalue weighted by Crippen LogP contribution is -2.30. The summed E-state index contributed by atoms with van der Waals surface area (Å²) in [6, 6.07) is 5.69. The van der Waals surface area contributed by atoms with E-state index in [9.17, 15) is 0 Å². The predicted molar refractivity (Wildman–Crippen MR) is 57.4 cm³/mol. The second-order valence-corrected chi connectivity index (χ2v) is 3.72. The van der Waals surface area contributed by atoms with Crippen LogP contribution in [0.4, 0.5) is 0 Å². The Kier molecular flexibility index (Phi) is 3.84. The van der Waals surface area contributed by atoms with Crippen LogP contribution >= 0.6 is 11.8 Å². The quantitative estimate of drug-likeness (QED) is 0.550. The first-order valence-corrected chi connectivity index (χ1v) is 5.43. The molecule has 0 saturated carbocycles. The maximum atomic E-state index is 9.01. The summed E-state index contributed by atoms with van der Waals surface area (Å²) in [7, 11) is -1.36. The van der Waals surface area contributed by atoms with Gasteiger partial charge in [0.1, 0.15) is 0 Å². The van der Waals surface area contributed by atoms with Crippen molar-refractivity contribution in [2.75, 3.05) is 6.26 Å². The Morgan fingerprint density at radius 1 is 1.31 bits per heavy atom. The molecule has 0 unspecified atom stereocenters. The number of thioether (sulfide) groups is 1. The van der Waals surface area contributed by atoms with Gasteiger partial charge in [0.15, 0.2) is 0 Å². The predicted octanol–water partition coefficient (Wildman–Crippen LogP) is 0.651. The molecule has 4 heteroatoms. The maximum Gasteiger partial charge on any atom is 0.488 e. The van der Waals surface area contributed by atoms with E-state index in [1.54, 1.807) is 17.8 Å². The Morgan fingerprint density at radius 3 is 2.46 bits per heavy atom. The monoisotopic (exact) mass is 196 g/mol. The van der Waals surface area contributed by atoms with Gasteiger partial charge in [0.05, 0.1) is 0 Å². The van der Waals surface area contributed by atoms with Crippen LogP contribution < -0.4 is 5.46 Å².